The lowest BCUT2D eigenvalue weighted by atomic mass is 10.1. The molecule has 1 fully saturated rings. The first-order chi connectivity index (χ1) is 11.7. The number of halogens is 1. The Hall–Kier alpha value is -1.84. The number of amides is 1. The van der Waals surface area contributed by atoms with E-state index in [-0.39, 0.29) is 5.91 Å². The fourth-order valence-electron chi connectivity index (χ4n) is 3.13. The van der Waals surface area contributed by atoms with Gasteiger partial charge in [-0.3, -0.25) is 9.69 Å². The molecule has 0 N–H and O–H groups in total. The van der Waals surface area contributed by atoms with Gasteiger partial charge < -0.3 is 4.90 Å². The molecule has 126 valence electrons. The van der Waals surface area contributed by atoms with Gasteiger partial charge in [0.15, 0.2) is 0 Å². The summed E-state index contributed by atoms with van der Waals surface area (Å²) < 4.78 is 0. The Bertz CT molecular complexity index is 666. The predicted molar refractivity (Wildman–Crippen MR) is 98.6 cm³/mol. The molecule has 24 heavy (non-hydrogen) atoms. The van der Waals surface area contributed by atoms with Crippen LogP contribution in [0.5, 0.6) is 0 Å². The normalized spacial score (nSPS) is 15.5. The summed E-state index contributed by atoms with van der Waals surface area (Å²) in [5.74, 6) is 0.0847. The third kappa shape index (κ3) is 4.59. The maximum absolute atomic E-state index is 12.5. The molecule has 1 heterocycles. The topological polar surface area (TPSA) is 23.6 Å². The number of carbonyl (C=O) groups excluding carboxylic acids is 1. The van der Waals surface area contributed by atoms with Gasteiger partial charge in [-0.25, -0.2) is 0 Å². The average molecular weight is 343 g/mol. The van der Waals surface area contributed by atoms with Gasteiger partial charge in [-0.15, -0.1) is 0 Å². The van der Waals surface area contributed by atoms with E-state index in [1.807, 2.05) is 17.0 Å². The van der Waals surface area contributed by atoms with Crippen LogP contribution in [0.2, 0.25) is 5.02 Å². The molecule has 0 aromatic heterocycles. The summed E-state index contributed by atoms with van der Waals surface area (Å²) in [6, 6.07) is 17.8. The van der Waals surface area contributed by atoms with Crippen LogP contribution in [0.3, 0.4) is 0 Å². The van der Waals surface area contributed by atoms with Crippen molar-refractivity contribution in [2.75, 3.05) is 32.7 Å². The molecule has 4 heteroatoms. The highest BCUT2D eigenvalue weighted by atomic mass is 35.5. The Morgan fingerprint density at radius 2 is 1.71 bits per heavy atom. The third-order valence-corrected chi connectivity index (χ3v) is 4.75. The van der Waals surface area contributed by atoms with Crippen LogP contribution >= 0.6 is 11.6 Å². The minimum Gasteiger partial charge on any atom is -0.336 e. The van der Waals surface area contributed by atoms with E-state index in [1.54, 1.807) is 12.1 Å². The van der Waals surface area contributed by atoms with Gasteiger partial charge >= 0.3 is 0 Å². The van der Waals surface area contributed by atoms with Gasteiger partial charge in [-0.1, -0.05) is 48.0 Å². The van der Waals surface area contributed by atoms with Crippen molar-refractivity contribution < 1.29 is 4.79 Å². The molecular weight excluding hydrogens is 320 g/mol. The lowest BCUT2D eigenvalue weighted by Gasteiger charge is -2.34. The molecule has 0 unspecified atom stereocenters. The fourth-order valence-corrected chi connectivity index (χ4v) is 3.32. The van der Waals surface area contributed by atoms with Crippen molar-refractivity contribution in [3.8, 4) is 0 Å². The number of piperazine rings is 1. The minimum absolute atomic E-state index is 0.0847. The second-order valence-electron chi connectivity index (χ2n) is 6.23. The number of hydrogen-bond acceptors (Lipinski definition) is 2. The molecular formula is C20H23ClN2O. The molecule has 0 saturated carbocycles. The Labute approximate surface area is 148 Å². The molecule has 1 saturated heterocycles. The molecule has 0 radical (unpaired) electrons. The Morgan fingerprint density at radius 1 is 0.958 bits per heavy atom. The van der Waals surface area contributed by atoms with E-state index < -0.39 is 0 Å². The number of nitrogens with zero attached hydrogens (tertiary/aromatic N) is 2. The van der Waals surface area contributed by atoms with Gasteiger partial charge in [-0.05, 0) is 43.1 Å². The van der Waals surface area contributed by atoms with Crippen LogP contribution in [0.15, 0.2) is 54.6 Å². The maximum atomic E-state index is 12.5. The van der Waals surface area contributed by atoms with E-state index in [0.29, 0.717) is 10.6 Å². The monoisotopic (exact) mass is 342 g/mol. The lowest BCUT2D eigenvalue weighted by Crippen LogP contribution is -2.48. The number of carbonyl (C=O) groups is 1. The summed E-state index contributed by atoms with van der Waals surface area (Å²) >= 11 is 5.98. The van der Waals surface area contributed by atoms with Gasteiger partial charge in [0.25, 0.3) is 5.91 Å². The van der Waals surface area contributed by atoms with Crippen LogP contribution in [-0.4, -0.2) is 48.4 Å². The van der Waals surface area contributed by atoms with Crippen LogP contribution in [0.1, 0.15) is 22.3 Å². The van der Waals surface area contributed by atoms with Crippen molar-refractivity contribution in [1.82, 2.24) is 9.80 Å². The second-order valence-corrected chi connectivity index (χ2v) is 6.67. The van der Waals surface area contributed by atoms with Crippen molar-refractivity contribution in [3.05, 3.63) is 70.7 Å². The van der Waals surface area contributed by atoms with Crippen LogP contribution < -0.4 is 0 Å². The Kier molecular flexibility index (Phi) is 5.89. The van der Waals surface area contributed by atoms with Crippen molar-refractivity contribution in [2.45, 2.75) is 12.8 Å². The number of benzene rings is 2. The molecule has 3 rings (SSSR count). The highest BCUT2D eigenvalue weighted by Gasteiger charge is 2.21. The summed E-state index contributed by atoms with van der Waals surface area (Å²) in [5.41, 5.74) is 2.08. The first-order valence-corrected chi connectivity index (χ1v) is 8.91. The molecule has 1 amide bonds. The fraction of sp³-hybridized carbons (Fsp3) is 0.350. The van der Waals surface area contributed by atoms with Crippen molar-refractivity contribution in [2.24, 2.45) is 0 Å². The van der Waals surface area contributed by atoms with Gasteiger partial charge in [0.2, 0.25) is 0 Å². The molecule has 2 aromatic rings. The van der Waals surface area contributed by atoms with Crippen molar-refractivity contribution in [3.63, 3.8) is 0 Å². The summed E-state index contributed by atoms with van der Waals surface area (Å²) in [6.07, 6.45) is 2.27. The van der Waals surface area contributed by atoms with Crippen molar-refractivity contribution >= 4 is 17.5 Å². The summed E-state index contributed by atoms with van der Waals surface area (Å²) in [4.78, 5) is 16.9. The predicted octanol–water partition coefficient (Wildman–Crippen LogP) is 3.73. The minimum atomic E-state index is 0.0847. The average Bonchev–Trinajstić information content (AvgIpc) is 2.63. The second kappa shape index (κ2) is 8.32. The van der Waals surface area contributed by atoms with Crippen LogP contribution in [0.25, 0.3) is 0 Å². The maximum Gasteiger partial charge on any atom is 0.253 e. The Morgan fingerprint density at radius 3 is 2.42 bits per heavy atom. The lowest BCUT2D eigenvalue weighted by molar-refractivity contribution is 0.0636. The van der Waals surface area contributed by atoms with Gasteiger partial charge in [0.05, 0.1) is 0 Å². The standard InChI is InChI=1S/C20H23ClN2O/c21-19-10-4-9-18(16-19)20(24)23-14-12-22(13-15-23)11-5-8-17-6-2-1-3-7-17/h1-4,6-7,9-10,16H,5,8,11-15H2. The first-order valence-electron chi connectivity index (χ1n) is 8.53. The van der Waals surface area contributed by atoms with E-state index >= 15 is 0 Å². The summed E-state index contributed by atoms with van der Waals surface area (Å²) in [7, 11) is 0. The number of hydrogen-bond donors (Lipinski definition) is 0. The van der Waals surface area contributed by atoms with Crippen LogP contribution in [0, 0.1) is 0 Å². The van der Waals surface area contributed by atoms with E-state index in [2.05, 4.69) is 35.2 Å². The van der Waals surface area contributed by atoms with Crippen LogP contribution in [0.4, 0.5) is 0 Å². The molecule has 3 nitrogen and oxygen atoms in total. The zero-order valence-corrected chi connectivity index (χ0v) is 14.6. The Balaban J connectivity index is 1.43. The quantitative estimate of drug-likeness (QED) is 0.826. The van der Waals surface area contributed by atoms with E-state index in [1.165, 1.54) is 5.56 Å². The molecule has 0 spiro atoms. The number of rotatable bonds is 5. The largest absolute Gasteiger partial charge is 0.336 e. The molecule has 1 aliphatic rings. The SMILES string of the molecule is O=C(c1cccc(Cl)c1)N1CCN(CCCc2ccccc2)CC1. The number of aryl methyl sites for hydroxylation is 1. The highest BCUT2D eigenvalue weighted by Crippen LogP contribution is 2.14. The summed E-state index contributed by atoms with van der Waals surface area (Å²) in [6.45, 7) is 4.56. The first kappa shape index (κ1) is 17.0. The molecule has 0 bridgehead atoms. The zero-order valence-electron chi connectivity index (χ0n) is 13.8. The third-order valence-electron chi connectivity index (χ3n) is 4.51. The van der Waals surface area contributed by atoms with Gasteiger partial charge in [0, 0.05) is 36.8 Å². The molecule has 0 atom stereocenters. The molecule has 2 aromatic carbocycles. The van der Waals surface area contributed by atoms with Gasteiger partial charge in [-0.2, -0.15) is 0 Å². The van der Waals surface area contributed by atoms with E-state index in [4.69, 9.17) is 11.6 Å². The van der Waals surface area contributed by atoms with Crippen LogP contribution in [-0.2, 0) is 6.42 Å². The highest BCUT2D eigenvalue weighted by molar-refractivity contribution is 6.30. The summed E-state index contributed by atoms with van der Waals surface area (Å²) in [5, 5.41) is 0.611. The van der Waals surface area contributed by atoms with Gasteiger partial charge in [0.1, 0.15) is 0 Å². The smallest absolute Gasteiger partial charge is 0.253 e. The molecule has 0 aliphatic carbocycles. The van der Waals surface area contributed by atoms with E-state index in [9.17, 15) is 4.79 Å². The van der Waals surface area contributed by atoms with Crippen molar-refractivity contribution in [1.29, 1.82) is 0 Å². The molecule has 1 aliphatic heterocycles. The zero-order chi connectivity index (χ0) is 16.8. The van der Waals surface area contributed by atoms with E-state index in [0.717, 1.165) is 45.6 Å².